The number of carboxylic acids is 1. The van der Waals surface area contributed by atoms with Gasteiger partial charge in [-0.05, 0) is 6.92 Å². The van der Waals surface area contributed by atoms with Gasteiger partial charge in [0.05, 0.1) is 13.7 Å². The van der Waals surface area contributed by atoms with Crippen molar-refractivity contribution in [3.05, 3.63) is 22.5 Å². The summed E-state index contributed by atoms with van der Waals surface area (Å²) < 4.78 is 10.9. The molecule has 0 saturated carbocycles. The lowest BCUT2D eigenvalue weighted by molar-refractivity contribution is -0.151. The summed E-state index contributed by atoms with van der Waals surface area (Å²) in [6, 6.07) is 2.67. The monoisotopic (exact) mass is 242 g/mol. The molecule has 0 radical (unpaired) electrons. The molecule has 0 bridgehead atoms. The molecular formula is C10H14N2O5. The fourth-order valence-corrected chi connectivity index (χ4v) is 1.23. The molecule has 0 saturated heterocycles. The minimum atomic E-state index is -1.14. The minimum Gasteiger partial charge on any atom is -0.480 e. The Morgan fingerprint density at radius 2 is 2.29 bits per heavy atom. The summed E-state index contributed by atoms with van der Waals surface area (Å²) in [7, 11) is 1.41. The van der Waals surface area contributed by atoms with Crippen molar-refractivity contribution < 1.29 is 19.4 Å². The molecule has 0 amide bonds. The lowest BCUT2D eigenvalue weighted by atomic mass is 10.3. The first-order valence-electron chi connectivity index (χ1n) is 5.05. The van der Waals surface area contributed by atoms with E-state index in [0.717, 1.165) is 4.68 Å². The van der Waals surface area contributed by atoms with Gasteiger partial charge in [0, 0.05) is 18.7 Å². The largest absolute Gasteiger partial charge is 0.480 e. The molecular weight excluding hydrogens is 228 g/mol. The van der Waals surface area contributed by atoms with Gasteiger partial charge >= 0.3 is 5.97 Å². The van der Waals surface area contributed by atoms with E-state index in [-0.39, 0.29) is 19.0 Å². The van der Waals surface area contributed by atoms with Crippen molar-refractivity contribution in [2.24, 2.45) is 0 Å². The van der Waals surface area contributed by atoms with Crippen LogP contribution in [0.2, 0.25) is 0 Å². The van der Waals surface area contributed by atoms with Crippen LogP contribution < -0.4 is 10.3 Å². The van der Waals surface area contributed by atoms with Gasteiger partial charge in [0.15, 0.2) is 6.10 Å². The van der Waals surface area contributed by atoms with Crippen LogP contribution in [0.4, 0.5) is 0 Å². The van der Waals surface area contributed by atoms with Crippen molar-refractivity contribution in [2.75, 3.05) is 13.7 Å². The van der Waals surface area contributed by atoms with Crippen LogP contribution in [-0.2, 0) is 16.1 Å². The van der Waals surface area contributed by atoms with Crippen LogP contribution in [0.5, 0.6) is 5.88 Å². The van der Waals surface area contributed by atoms with E-state index in [4.69, 9.17) is 14.6 Å². The number of rotatable bonds is 6. The highest BCUT2D eigenvalue weighted by Gasteiger charge is 2.19. The van der Waals surface area contributed by atoms with E-state index >= 15 is 0 Å². The first-order valence-corrected chi connectivity index (χ1v) is 5.05. The maximum atomic E-state index is 11.4. The van der Waals surface area contributed by atoms with Crippen molar-refractivity contribution in [1.82, 2.24) is 9.78 Å². The maximum absolute atomic E-state index is 11.4. The molecule has 94 valence electrons. The zero-order chi connectivity index (χ0) is 12.8. The van der Waals surface area contributed by atoms with Gasteiger partial charge < -0.3 is 14.6 Å². The number of nitrogens with zero attached hydrogens (tertiary/aromatic N) is 2. The van der Waals surface area contributed by atoms with Gasteiger partial charge in [0.1, 0.15) is 0 Å². The Morgan fingerprint density at radius 1 is 1.59 bits per heavy atom. The molecule has 1 heterocycles. The molecule has 1 aromatic heterocycles. The van der Waals surface area contributed by atoms with Crippen LogP contribution in [0, 0.1) is 0 Å². The van der Waals surface area contributed by atoms with Crippen LogP contribution in [0.25, 0.3) is 0 Å². The van der Waals surface area contributed by atoms with Gasteiger partial charge in [-0.1, -0.05) is 0 Å². The van der Waals surface area contributed by atoms with E-state index in [9.17, 15) is 9.59 Å². The number of carbonyl (C=O) groups is 1. The lowest BCUT2D eigenvalue weighted by Gasteiger charge is -2.13. The van der Waals surface area contributed by atoms with E-state index in [1.165, 1.54) is 19.2 Å². The van der Waals surface area contributed by atoms with Crippen molar-refractivity contribution >= 4 is 5.97 Å². The second kappa shape index (κ2) is 6.00. The summed E-state index contributed by atoms with van der Waals surface area (Å²) in [4.78, 5) is 22.3. The quantitative estimate of drug-likeness (QED) is 0.739. The highest BCUT2D eigenvalue weighted by molar-refractivity contribution is 5.72. The van der Waals surface area contributed by atoms with Gasteiger partial charge in [-0.3, -0.25) is 4.79 Å². The standard InChI is InChI=1S/C10H14N2O5/c1-3-17-7(10(14)15)6-12-9(13)5-4-8(11-12)16-2/h4-5,7H,3,6H2,1-2H3,(H,14,15). The first kappa shape index (κ1) is 13.2. The smallest absolute Gasteiger partial charge is 0.334 e. The average molecular weight is 242 g/mol. The van der Waals surface area contributed by atoms with Gasteiger partial charge in [-0.15, -0.1) is 5.10 Å². The molecule has 1 unspecified atom stereocenters. The highest BCUT2D eigenvalue weighted by atomic mass is 16.5. The Hall–Kier alpha value is -1.89. The van der Waals surface area contributed by atoms with Gasteiger partial charge in [0.25, 0.3) is 5.56 Å². The number of hydrogen-bond donors (Lipinski definition) is 1. The number of ether oxygens (including phenoxy) is 2. The third kappa shape index (κ3) is 3.56. The molecule has 1 aromatic rings. The third-order valence-electron chi connectivity index (χ3n) is 2.03. The third-order valence-corrected chi connectivity index (χ3v) is 2.03. The van der Waals surface area contributed by atoms with Crippen LogP contribution in [0.15, 0.2) is 16.9 Å². The lowest BCUT2D eigenvalue weighted by Crippen LogP contribution is -2.34. The molecule has 0 aliphatic rings. The Kier molecular flexibility index (Phi) is 4.65. The minimum absolute atomic E-state index is 0.154. The first-order chi connectivity index (χ1) is 8.08. The summed E-state index contributed by atoms with van der Waals surface area (Å²) in [6.45, 7) is 1.77. The van der Waals surface area contributed by atoms with Gasteiger partial charge in [-0.25, -0.2) is 9.48 Å². The molecule has 0 spiro atoms. The summed E-state index contributed by atoms with van der Waals surface area (Å²) in [5.41, 5.74) is -0.406. The molecule has 1 N–H and O–H groups in total. The van der Waals surface area contributed by atoms with Crippen LogP contribution in [0.1, 0.15) is 6.92 Å². The molecule has 1 rings (SSSR count). The van der Waals surface area contributed by atoms with Crippen LogP contribution in [0.3, 0.4) is 0 Å². The molecule has 0 aliphatic carbocycles. The van der Waals surface area contributed by atoms with Gasteiger partial charge in [0.2, 0.25) is 5.88 Å². The molecule has 7 nitrogen and oxygen atoms in total. The summed E-state index contributed by atoms with van der Waals surface area (Å²) in [6.07, 6.45) is -1.10. The molecule has 17 heavy (non-hydrogen) atoms. The molecule has 0 aliphatic heterocycles. The molecule has 1 atom stereocenters. The SMILES string of the molecule is CCOC(Cn1nc(OC)ccc1=O)C(=O)O. The Balaban J connectivity index is 2.91. The van der Waals surface area contributed by atoms with E-state index in [0.29, 0.717) is 0 Å². The van der Waals surface area contributed by atoms with Crippen LogP contribution >= 0.6 is 0 Å². The van der Waals surface area contributed by atoms with Gasteiger partial charge in [-0.2, -0.15) is 0 Å². The van der Waals surface area contributed by atoms with E-state index in [1.54, 1.807) is 6.92 Å². The number of methoxy groups -OCH3 is 1. The highest BCUT2D eigenvalue weighted by Crippen LogP contribution is 2.01. The van der Waals surface area contributed by atoms with Crippen molar-refractivity contribution in [2.45, 2.75) is 19.6 Å². The molecule has 0 aromatic carbocycles. The Labute approximate surface area is 97.6 Å². The second-order valence-electron chi connectivity index (χ2n) is 3.18. The number of aromatic nitrogens is 2. The topological polar surface area (TPSA) is 90.7 Å². The Morgan fingerprint density at radius 3 is 2.82 bits per heavy atom. The molecule has 0 fully saturated rings. The fourth-order valence-electron chi connectivity index (χ4n) is 1.23. The van der Waals surface area contributed by atoms with Crippen molar-refractivity contribution in [3.63, 3.8) is 0 Å². The number of carboxylic acid groups (broad SMARTS) is 1. The summed E-state index contributed by atoms with van der Waals surface area (Å²) >= 11 is 0. The maximum Gasteiger partial charge on any atom is 0.334 e. The average Bonchev–Trinajstić information content (AvgIpc) is 2.31. The Bertz CT molecular complexity index is 443. The van der Waals surface area contributed by atoms with E-state index < -0.39 is 17.6 Å². The molecule has 7 heteroatoms. The van der Waals surface area contributed by atoms with Crippen LogP contribution in [-0.4, -0.2) is 40.7 Å². The predicted molar refractivity (Wildman–Crippen MR) is 58.1 cm³/mol. The number of aliphatic carboxylic acids is 1. The summed E-state index contributed by atoms with van der Waals surface area (Å²) in [5.74, 6) is -0.895. The zero-order valence-electron chi connectivity index (χ0n) is 9.62. The number of hydrogen-bond acceptors (Lipinski definition) is 5. The predicted octanol–water partition coefficient (Wildman–Crippen LogP) is -0.258. The second-order valence-corrected chi connectivity index (χ2v) is 3.18. The summed E-state index contributed by atoms with van der Waals surface area (Å²) in [5, 5.41) is 12.7. The fraction of sp³-hybridized carbons (Fsp3) is 0.500. The normalized spacial score (nSPS) is 12.1. The van der Waals surface area contributed by atoms with E-state index in [1.807, 2.05) is 0 Å². The zero-order valence-corrected chi connectivity index (χ0v) is 9.62. The van der Waals surface area contributed by atoms with Crippen molar-refractivity contribution in [3.8, 4) is 5.88 Å². The van der Waals surface area contributed by atoms with E-state index in [2.05, 4.69) is 5.10 Å². The van der Waals surface area contributed by atoms with Crippen molar-refractivity contribution in [1.29, 1.82) is 0 Å².